The number of hydrogen-bond acceptors (Lipinski definition) is 3. The Morgan fingerprint density at radius 3 is 2.29 bits per heavy atom. The summed E-state index contributed by atoms with van der Waals surface area (Å²) < 4.78 is 11.4. The molecule has 0 radical (unpaired) electrons. The Labute approximate surface area is 126 Å². The summed E-state index contributed by atoms with van der Waals surface area (Å²) >= 11 is 0. The van der Waals surface area contributed by atoms with E-state index in [1.807, 2.05) is 63.2 Å². The normalized spacial score (nSPS) is 12.0. The highest BCUT2D eigenvalue weighted by Crippen LogP contribution is 2.28. The quantitative estimate of drug-likeness (QED) is 0.877. The predicted molar refractivity (Wildman–Crippen MR) is 84.0 cm³/mol. The third-order valence-electron chi connectivity index (χ3n) is 3.37. The second-order valence-corrected chi connectivity index (χ2v) is 5.02. The van der Waals surface area contributed by atoms with Gasteiger partial charge in [0.2, 0.25) is 0 Å². The smallest absolute Gasteiger partial charge is 0.125 e. The lowest BCUT2D eigenvalue weighted by Crippen LogP contribution is -2.12. The molecule has 21 heavy (non-hydrogen) atoms. The molecule has 2 aromatic carbocycles. The Kier molecular flexibility index (Phi) is 5.23. The monoisotopic (exact) mass is 286 g/mol. The van der Waals surface area contributed by atoms with Crippen molar-refractivity contribution in [2.75, 3.05) is 13.2 Å². The number of hydrogen-bond donors (Lipinski definition) is 1. The van der Waals surface area contributed by atoms with Gasteiger partial charge in [-0.05, 0) is 38.0 Å². The molecule has 0 fully saturated rings. The average Bonchev–Trinajstić information content (AvgIpc) is 2.47. The molecular weight excluding hydrogens is 264 g/mol. The third kappa shape index (κ3) is 3.76. The highest BCUT2D eigenvalue weighted by molar-refractivity contribution is 5.40. The summed E-state index contributed by atoms with van der Waals surface area (Å²) in [7, 11) is 0. The summed E-state index contributed by atoms with van der Waals surface area (Å²) in [6.45, 7) is 6.71. The van der Waals surface area contributed by atoms with Crippen molar-refractivity contribution in [2.45, 2.75) is 26.9 Å². The molecule has 0 spiro atoms. The summed E-state index contributed by atoms with van der Waals surface area (Å²) in [5.74, 6) is 1.54. The van der Waals surface area contributed by atoms with E-state index in [9.17, 15) is 5.11 Å². The number of aliphatic hydroxyl groups is 1. The average molecular weight is 286 g/mol. The Morgan fingerprint density at radius 2 is 1.62 bits per heavy atom. The van der Waals surface area contributed by atoms with Crippen LogP contribution in [-0.2, 0) is 0 Å². The van der Waals surface area contributed by atoms with Crippen LogP contribution in [0.1, 0.15) is 29.7 Å². The summed E-state index contributed by atoms with van der Waals surface area (Å²) in [6.07, 6.45) is -0.716. The minimum Gasteiger partial charge on any atom is -0.493 e. The van der Waals surface area contributed by atoms with Gasteiger partial charge in [0.15, 0.2) is 0 Å². The van der Waals surface area contributed by atoms with E-state index in [4.69, 9.17) is 9.47 Å². The first-order valence-corrected chi connectivity index (χ1v) is 7.22. The number of rotatable bonds is 6. The SMILES string of the molecule is CCOc1ccccc1C(O)COc1c(C)cccc1C. The molecule has 1 atom stereocenters. The lowest BCUT2D eigenvalue weighted by Gasteiger charge is -2.18. The molecule has 2 rings (SSSR count). The molecular formula is C18H22O3. The predicted octanol–water partition coefficient (Wildman–Crippen LogP) is 3.81. The van der Waals surface area contributed by atoms with Crippen LogP contribution in [0, 0.1) is 13.8 Å². The van der Waals surface area contributed by atoms with Crippen LogP contribution in [0.3, 0.4) is 0 Å². The first-order valence-electron chi connectivity index (χ1n) is 7.22. The number of aliphatic hydroxyl groups excluding tert-OH is 1. The summed E-state index contributed by atoms with van der Waals surface area (Å²) in [5.41, 5.74) is 2.89. The Bertz CT molecular complexity index is 573. The maximum Gasteiger partial charge on any atom is 0.125 e. The number of benzene rings is 2. The van der Waals surface area contributed by atoms with Gasteiger partial charge in [-0.25, -0.2) is 0 Å². The molecule has 112 valence electrons. The molecule has 2 aromatic rings. The van der Waals surface area contributed by atoms with Gasteiger partial charge in [-0.1, -0.05) is 36.4 Å². The molecule has 0 aliphatic heterocycles. The van der Waals surface area contributed by atoms with Crippen LogP contribution in [0.15, 0.2) is 42.5 Å². The molecule has 1 N–H and O–H groups in total. The molecule has 0 aliphatic rings. The van der Waals surface area contributed by atoms with Gasteiger partial charge in [-0.15, -0.1) is 0 Å². The number of aryl methyl sites for hydroxylation is 2. The first kappa shape index (κ1) is 15.4. The first-order chi connectivity index (χ1) is 10.1. The maximum atomic E-state index is 10.4. The van der Waals surface area contributed by atoms with E-state index in [-0.39, 0.29) is 6.61 Å². The fourth-order valence-electron chi connectivity index (χ4n) is 2.32. The number of ether oxygens (including phenoxy) is 2. The minimum atomic E-state index is -0.716. The second-order valence-electron chi connectivity index (χ2n) is 5.02. The van der Waals surface area contributed by atoms with Crippen molar-refractivity contribution in [2.24, 2.45) is 0 Å². The zero-order valence-corrected chi connectivity index (χ0v) is 12.8. The van der Waals surface area contributed by atoms with Crippen molar-refractivity contribution in [3.63, 3.8) is 0 Å². The van der Waals surface area contributed by atoms with Crippen LogP contribution in [0.5, 0.6) is 11.5 Å². The zero-order valence-electron chi connectivity index (χ0n) is 12.8. The molecule has 0 heterocycles. The van der Waals surface area contributed by atoms with Crippen LogP contribution >= 0.6 is 0 Å². The molecule has 0 saturated heterocycles. The largest absolute Gasteiger partial charge is 0.493 e. The summed E-state index contributed by atoms with van der Waals surface area (Å²) in [6, 6.07) is 13.5. The van der Waals surface area contributed by atoms with Gasteiger partial charge in [0.1, 0.15) is 24.2 Å². The van der Waals surface area contributed by atoms with E-state index in [0.29, 0.717) is 12.4 Å². The van der Waals surface area contributed by atoms with E-state index in [0.717, 1.165) is 22.4 Å². The number of para-hydroxylation sites is 2. The molecule has 0 amide bonds. The van der Waals surface area contributed by atoms with Crippen molar-refractivity contribution < 1.29 is 14.6 Å². The highest BCUT2D eigenvalue weighted by Gasteiger charge is 2.15. The summed E-state index contributed by atoms with van der Waals surface area (Å²) in [5, 5.41) is 10.4. The standard InChI is InChI=1S/C18H22O3/c1-4-20-17-11-6-5-10-15(17)16(19)12-21-18-13(2)8-7-9-14(18)3/h5-11,16,19H,4,12H2,1-3H3. The van der Waals surface area contributed by atoms with Crippen LogP contribution < -0.4 is 9.47 Å². The van der Waals surface area contributed by atoms with E-state index < -0.39 is 6.10 Å². The second kappa shape index (κ2) is 7.14. The lowest BCUT2D eigenvalue weighted by atomic mass is 10.1. The Morgan fingerprint density at radius 1 is 0.952 bits per heavy atom. The van der Waals surface area contributed by atoms with Crippen LogP contribution in [0.2, 0.25) is 0 Å². The van der Waals surface area contributed by atoms with E-state index in [1.165, 1.54) is 0 Å². The van der Waals surface area contributed by atoms with E-state index in [1.54, 1.807) is 0 Å². The van der Waals surface area contributed by atoms with E-state index in [2.05, 4.69) is 0 Å². The molecule has 1 unspecified atom stereocenters. The fourth-order valence-corrected chi connectivity index (χ4v) is 2.32. The van der Waals surface area contributed by atoms with Crippen molar-refractivity contribution in [3.8, 4) is 11.5 Å². The lowest BCUT2D eigenvalue weighted by molar-refractivity contribution is 0.104. The van der Waals surface area contributed by atoms with Gasteiger partial charge in [0, 0.05) is 5.56 Å². The van der Waals surface area contributed by atoms with Gasteiger partial charge in [-0.2, -0.15) is 0 Å². The topological polar surface area (TPSA) is 38.7 Å². The van der Waals surface area contributed by atoms with Crippen molar-refractivity contribution in [1.82, 2.24) is 0 Å². The Balaban J connectivity index is 2.10. The summed E-state index contributed by atoms with van der Waals surface area (Å²) in [4.78, 5) is 0. The van der Waals surface area contributed by atoms with Gasteiger partial charge in [0.25, 0.3) is 0 Å². The van der Waals surface area contributed by atoms with Gasteiger partial charge in [-0.3, -0.25) is 0 Å². The molecule has 0 aromatic heterocycles. The molecule has 0 saturated carbocycles. The van der Waals surface area contributed by atoms with Gasteiger partial charge >= 0.3 is 0 Å². The van der Waals surface area contributed by atoms with Crippen LogP contribution in [0.25, 0.3) is 0 Å². The molecule has 3 heteroatoms. The van der Waals surface area contributed by atoms with Crippen LogP contribution in [0.4, 0.5) is 0 Å². The Hall–Kier alpha value is -2.00. The fraction of sp³-hybridized carbons (Fsp3) is 0.333. The van der Waals surface area contributed by atoms with Crippen molar-refractivity contribution >= 4 is 0 Å². The van der Waals surface area contributed by atoms with Crippen molar-refractivity contribution in [1.29, 1.82) is 0 Å². The van der Waals surface area contributed by atoms with Gasteiger partial charge in [0.05, 0.1) is 6.61 Å². The molecule has 3 nitrogen and oxygen atoms in total. The zero-order chi connectivity index (χ0) is 15.2. The highest BCUT2D eigenvalue weighted by atomic mass is 16.5. The third-order valence-corrected chi connectivity index (χ3v) is 3.37. The van der Waals surface area contributed by atoms with Gasteiger partial charge < -0.3 is 14.6 Å². The van der Waals surface area contributed by atoms with Crippen LogP contribution in [-0.4, -0.2) is 18.3 Å². The molecule has 0 bridgehead atoms. The van der Waals surface area contributed by atoms with E-state index >= 15 is 0 Å². The minimum absolute atomic E-state index is 0.204. The molecule has 0 aliphatic carbocycles. The van der Waals surface area contributed by atoms with Crippen molar-refractivity contribution in [3.05, 3.63) is 59.2 Å². The maximum absolute atomic E-state index is 10.4.